The fourth-order valence-electron chi connectivity index (χ4n) is 4.58. The second kappa shape index (κ2) is 10.0. The van der Waals surface area contributed by atoms with E-state index < -0.39 is 15.8 Å². The Hall–Kier alpha value is -2.45. The van der Waals surface area contributed by atoms with Crippen LogP contribution >= 0.6 is 0 Å². The van der Waals surface area contributed by atoms with Gasteiger partial charge >= 0.3 is 0 Å². The highest BCUT2D eigenvalue weighted by Crippen LogP contribution is 2.25. The van der Waals surface area contributed by atoms with Gasteiger partial charge in [-0.3, -0.25) is 14.4 Å². The Kier molecular flexibility index (Phi) is 7.10. The first-order valence-electron chi connectivity index (χ1n) is 11.3. The number of carbonyl (C=O) groups excluding carboxylic acids is 1. The van der Waals surface area contributed by atoms with Crippen LogP contribution in [0.1, 0.15) is 42.5 Å². The summed E-state index contributed by atoms with van der Waals surface area (Å²) in [5.41, 5.74) is 0.342. The lowest BCUT2D eigenvalue weighted by atomic mass is 9.89. The lowest BCUT2D eigenvalue weighted by Gasteiger charge is -2.37. The summed E-state index contributed by atoms with van der Waals surface area (Å²) < 4.78 is 41.2. The number of anilines is 1. The van der Waals surface area contributed by atoms with Gasteiger partial charge < -0.3 is 4.90 Å². The summed E-state index contributed by atoms with van der Waals surface area (Å²) in [6.45, 7) is 4.24. The first-order chi connectivity index (χ1) is 15.4. The van der Waals surface area contributed by atoms with Gasteiger partial charge in [0.1, 0.15) is 5.82 Å². The average molecular weight is 460 g/mol. The fourth-order valence-corrected chi connectivity index (χ4v) is 5.64. The van der Waals surface area contributed by atoms with Gasteiger partial charge in [-0.1, -0.05) is 31.4 Å². The van der Waals surface area contributed by atoms with Crippen LogP contribution in [-0.2, 0) is 10.0 Å². The Morgan fingerprint density at radius 1 is 0.938 bits per heavy atom. The first-order valence-corrected chi connectivity index (χ1v) is 12.8. The SMILES string of the molecule is O=C(c1ccc(S(=O)(=O)Nc2ccccc2F)cc1)N1CCN(CC2CCCCC2)CC1. The molecule has 1 N–H and O–H groups in total. The molecule has 2 aliphatic rings. The maximum Gasteiger partial charge on any atom is 0.261 e. The van der Waals surface area contributed by atoms with Crippen LogP contribution in [0.25, 0.3) is 0 Å². The Morgan fingerprint density at radius 2 is 1.59 bits per heavy atom. The van der Waals surface area contributed by atoms with Crippen LogP contribution in [-0.4, -0.2) is 56.8 Å². The number of nitrogens with one attached hydrogen (secondary N) is 1. The number of hydrogen-bond acceptors (Lipinski definition) is 4. The van der Waals surface area contributed by atoms with Gasteiger partial charge in [-0.2, -0.15) is 0 Å². The van der Waals surface area contributed by atoms with E-state index in [2.05, 4.69) is 9.62 Å². The van der Waals surface area contributed by atoms with Crippen LogP contribution < -0.4 is 4.72 Å². The molecule has 0 spiro atoms. The summed E-state index contributed by atoms with van der Waals surface area (Å²) in [5.74, 6) is 0.0531. The minimum absolute atomic E-state index is 0.0189. The highest BCUT2D eigenvalue weighted by atomic mass is 32.2. The van der Waals surface area contributed by atoms with E-state index in [1.807, 2.05) is 4.90 Å². The maximum atomic E-state index is 13.8. The fraction of sp³-hybridized carbons (Fsp3) is 0.458. The number of benzene rings is 2. The quantitative estimate of drug-likeness (QED) is 0.710. The maximum absolute atomic E-state index is 13.8. The summed E-state index contributed by atoms with van der Waals surface area (Å²) >= 11 is 0. The van der Waals surface area contributed by atoms with Crippen molar-refractivity contribution >= 4 is 21.6 Å². The van der Waals surface area contributed by atoms with Crippen LogP contribution in [0.4, 0.5) is 10.1 Å². The number of rotatable bonds is 6. The molecule has 172 valence electrons. The molecule has 1 saturated heterocycles. The molecular weight excluding hydrogens is 429 g/mol. The molecule has 2 aromatic carbocycles. The van der Waals surface area contributed by atoms with Gasteiger partial charge in [-0.15, -0.1) is 0 Å². The molecule has 1 amide bonds. The molecule has 0 radical (unpaired) electrons. The van der Waals surface area contributed by atoms with E-state index in [0.717, 1.165) is 25.6 Å². The van der Waals surface area contributed by atoms with E-state index in [9.17, 15) is 17.6 Å². The van der Waals surface area contributed by atoms with Crippen molar-refractivity contribution < 1.29 is 17.6 Å². The van der Waals surface area contributed by atoms with Crippen molar-refractivity contribution in [3.05, 3.63) is 59.9 Å². The highest BCUT2D eigenvalue weighted by Gasteiger charge is 2.25. The smallest absolute Gasteiger partial charge is 0.261 e. The molecule has 8 heteroatoms. The molecule has 32 heavy (non-hydrogen) atoms. The lowest BCUT2D eigenvalue weighted by molar-refractivity contribution is 0.0606. The average Bonchev–Trinajstić information content (AvgIpc) is 2.81. The van der Waals surface area contributed by atoms with Gasteiger partial charge in [-0.25, -0.2) is 12.8 Å². The van der Waals surface area contributed by atoms with E-state index in [-0.39, 0.29) is 16.5 Å². The number of piperazine rings is 1. The third kappa shape index (κ3) is 5.48. The van der Waals surface area contributed by atoms with E-state index >= 15 is 0 Å². The monoisotopic (exact) mass is 459 g/mol. The lowest BCUT2D eigenvalue weighted by Crippen LogP contribution is -2.49. The minimum atomic E-state index is -3.95. The largest absolute Gasteiger partial charge is 0.336 e. The molecule has 2 aromatic rings. The van der Waals surface area contributed by atoms with E-state index in [4.69, 9.17) is 0 Å². The summed E-state index contributed by atoms with van der Waals surface area (Å²) in [4.78, 5) is 17.2. The van der Waals surface area contributed by atoms with Crippen LogP contribution in [0.3, 0.4) is 0 Å². The van der Waals surface area contributed by atoms with Crippen molar-refractivity contribution in [1.82, 2.24) is 9.80 Å². The Morgan fingerprint density at radius 3 is 2.25 bits per heavy atom. The molecule has 0 unspecified atom stereocenters. The number of carbonyl (C=O) groups is 1. The minimum Gasteiger partial charge on any atom is -0.336 e. The van der Waals surface area contributed by atoms with Crippen LogP contribution in [0, 0.1) is 11.7 Å². The molecule has 1 aliphatic heterocycles. The topological polar surface area (TPSA) is 69.7 Å². The predicted octanol–water partition coefficient (Wildman–Crippen LogP) is 3.96. The Labute approximate surface area is 189 Å². The molecule has 2 fully saturated rings. The van der Waals surface area contributed by atoms with E-state index in [0.29, 0.717) is 18.7 Å². The standard InChI is InChI=1S/C24H30FN3O3S/c25-22-8-4-5-9-23(22)26-32(30,31)21-12-10-20(11-13-21)24(29)28-16-14-27(15-17-28)18-19-6-2-1-3-7-19/h4-5,8-13,19,26H,1-3,6-7,14-18H2. The van der Waals surface area contributed by atoms with Crippen molar-refractivity contribution in [1.29, 1.82) is 0 Å². The third-order valence-corrected chi connectivity index (χ3v) is 7.81. The summed E-state index contributed by atoms with van der Waals surface area (Å²) in [5, 5.41) is 0. The number of halogens is 1. The molecule has 1 heterocycles. The molecule has 6 nitrogen and oxygen atoms in total. The van der Waals surface area contributed by atoms with Crippen molar-refractivity contribution in [2.45, 2.75) is 37.0 Å². The Bertz CT molecular complexity index is 1030. The molecule has 0 bridgehead atoms. The molecule has 0 atom stereocenters. The summed E-state index contributed by atoms with van der Waals surface area (Å²) in [6.07, 6.45) is 6.67. The zero-order valence-electron chi connectivity index (χ0n) is 18.2. The van der Waals surface area contributed by atoms with Crippen molar-refractivity contribution in [3.63, 3.8) is 0 Å². The number of amides is 1. The zero-order chi connectivity index (χ0) is 22.6. The third-order valence-electron chi connectivity index (χ3n) is 6.43. The second-order valence-electron chi connectivity index (χ2n) is 8.71. The molecule has 0 aromatic heterocycles. The molecule has 1 saturated carbocycles. The summed E-state index contributed by atoms with van der Waals surface area (Å²) in [7, 11) is -3.95. The van der Waals surface area contributed by atoms with Gasteiger partial charge in [0.15, 0.2) is 0 Å². The van der Waals surface area contributed by atoms with Crippen molar-refractivity contribution in [2.24, 2.45) is 5.92 Å². The molecular formula is C24H30FN3O3S. The van der Waals surface area contributed by atoms with Gasteiger partial charge in [-0.05, 0) is 55.2 Å². The predicted molar refractivity (Wildman–Crippen MR) is 123 cm³/mol. The number of hydrogen-bond donors (Lipinski definition) is 1. The van der Waals surface area contributed by atoms with Gasteiger partial charge in [0, 0.05) is 38.3 Å². The van der Waals surface area contributed by atoms with E-state index in [1.54, 1.807) is 6.07 Å². The summed E-state index contributed by atoms with van der Waals surface area (Å²) in [6, 6.07) is 11.4. The van der Waals surface area contributed by atoms with Crippen LogP contribution in [0.15, 0.2) is 53.4 Å². The highest BCUT2D eigenvalue weighted by molar-refractivity contribution is 7.92. The van der Waals surface area contributed by atoms with Crippen molar-refractivity contribution in [2.75, 3.05) is 37.4 Å². The van der Waals surface area contributed by atoms with Gasteiger partial charge in [0.25, 0.3) is 15.9 Å². The number of para-hydroxylation sites is 1. The van der Waals surface area contributed by atoms with Gasteiger partial charge in [0.2, 0.25) is 0 Å². The molecule has 1 aliphatic carbocycles. The second-order valence-corrected chi connectivity index (χ2v) is 10.4. The van der Waals surface area contributed by atoms with Gasteiger partial charge in [0.05, 0.1) is 10.6 Å². The van der Waals surface area contributed by atoms with Crippen LogP contribution in [0.5, 0.6) is 0 Å². The Balaban J connectivity index is 1.33. The van der Waals surface area contributed by atoms with Crippen molar-refractivity contribution in [3.8, 4) is 0 Å². The molecule has 4 rings (SSSR count). The first kappa shape index (κ1) is 22.7. The number of sulfonamides is 1. The number of nitrogens with zero attached hydrogens (tertiary/aromatic N) is 2. The van der Waals surface area contributed by atoms with E-state index in [1.165, 1.54) is 74.6 Å². The normalized spacial score (nSPS) is 18.5. The zero-order valence-corrected chi connectivity index (χ0v) is 19.0. The van der Waals surface area contributed by atoms with Crippen LogP contribution in [0.2, 0.25) is 0 Å².